The average Bonchev–Trinajstić information content (AvgIpc) is 3.40. The van der Waals surface area contributed by atoms with E-state index in [0.717, 1.165) is 104 Å². The van der Waals surface area contributed by atoms with Crippen molar-refractivity contribution in [2.75, 3.05) is 26.2 Å². The lowest BCUT2D eigenvalue weighted by Gasteiger charge is -2.36. The first kappa shape index (κ1) is 35.5. The molecule has 51 heavy (non-hydrogen) atoms. The number of hydrogen-bond acceptors (Lipinski definition) is 4. The molecule has 8 rings (SSSR count). The molecule has 2 aromatic carbocycles. The van der Waals surface area contributed by atoms with E-state index in [0.29, 0.717) is 17.8 Å². The Morgan fingerprint density at radius 1 is 0.686 bits per heavy atom. The Kier molecular flexibility index (Phi) is 10.7. The molecule has 2 aliphatic carbocycles. The van der Waals surface area contributed by atoms with Gasteiger partial charge in [0, 0.05) is 73.8 Å². The van der Waals surface area contributed by atoms with Crippen molar-refractivity contribution >= 4 is 35.0 Å². The van der Waals surface area contributed by atoms with Crippen molar-refractivity contribution in [2.45, 2.75) is 77.0 Å². The second-order valence-electron chi connectivity index (χ2n) is 14.6. The summed E-state index contributed by atoms with van der Waals surface area (Å²) in [5.74, 6) is 1.56. The van der Waals surface area contributed by atoms with Gasteiger partial charge in [0.15, 0.2) is 6.20 Å². The molecule has 9 heteroatoms. The third-order valence-electron chi connectivity index (χ3n) is 11.7. The number of pyridine rings is 2. The standard InChI is InChI=1S/C21H23ClN2O2.C21H23ClN2O/c1-14(25)23-11-8-15(9-12-23)20-19-7-6-18(22)13-17(19)5-4-16-3-2-10-24(26)21(16)20;1-14(25)24-11-8-15(9-12-24)20-19-7-6-18(22)13-17(19)5-4-16-3-2-10-23-21(16)20/h2-3,6-7,10,13,15,20H,4-5,8-9,11-12H2,1H3;2-3,6-7,10,13,15,20H,4-5,8-9,11-12H2,1H3. The zero-order valence-corrected chi connectivity index (χ0v) is 31.0. The lowest BCUT2D eigenvalue weighted by Crippen LogP contribution is -2.42. The Labute approximate surface area is 311 Å². The van der Waals surface area contributed by atoms with Crippen LogP contribution in [0, 0.1) is 17.0 Å². The van der Waals surface area contributed by atoms with Crippen LogP contribution < -0.4 is 4.73 Å². The molecule has 0 saturated carbocycles. The number of fused-ring (bicyclic) bond motifs is 4. The number of piperidine rings is 2. The van der Waals surface area contributed by atoms with E-state index in [1.165, 1.54) is 33.5 Å². The van der Waals surface area contributed by atoms with Gasteiger partial charge in [-0.05, 0) is 127 Å². The Bertz CT molecular complexity index is 1920. The molecular formula is C42H46Cl2N4O3. The maximum atomic E-state index is 12.7. The molecule has 2 amide bonds. The molecule has 2 atom stereocenters. The highest BCUT2D eigenvalue weighted by atomic mass is 35.5. The fourth-order valence-electron chi connectivity index (χ4n) is 9.11. The van der Waals surface area contributed by atoms with Crippen LogP contribution in [0.3, 0.4) is 0 Å². The largest absolute Gasteiger partial charge is 0.618 e. The van der Waals surface area contributed by atoms with Crippen LogP contribution in [0.1, 0.15) is 96.1 Å². The van der Waals surface area contributed by atoms with Gasteiger partial charge < -0.3 is 15.0 Å². The third-order valence-corrected chi connectivity index (χ3v) is 12.2. The molecule has 2 saturated heterocycles. The number of hydrogen-bond donors (Lipinski definition) is 0. The minimum absolute atomic E-state index is 0.0626. The van der Waals surface area contributed by atoms with Gasteiger partial charge in [-0.3, -0.25) is 14.6 Å². The van der Waals surface area contributed by atoms with Crippen LogP contribution in [0.5, 0.6) is 0 Å². The summed E-state index contributed by atoms with van der Waals surface area (Å²) in [5, 5.41) is 14.3. The van der Waals surface area contributed by atoms with Crippen LogP contribution in [0.4, 0.5) is 0 Å². The topological polar surface area (TPSA) is 80.4 Å². The van der Waals surface area contributed by atoms with Crippen molar-refractivity contribution in [3.63, 3.8) is 0 Å². The van der Waals surface area contributed by atoms with E-state index in [1.807, 2.05) is 40.3 Å². The Hall–Kier alpha value is -3.94. The Morgan fingerprint density at radius 2 is 1.18 bits per heavy atom. The van der Waals surface area contributed by atoms with E-state index >= 15 is 0 Å². The van der Waals surface area contributed by atoms with E-state index in [2.05, 4.69) is 36.4 Å². The van der Waals surface area contributed by atoms with Crippen molar-refractivity contribution in [1.29, 1.82) is 0 Å². The van der Waals surface area contributed by atoms with Crippen molar-refractivity contribution in [1.82, 2.24) is 14.8 Å². The van der Waals surface area contributed by atoms with Gasteiger partial charge in [0.25, 0.3) is 0 Å². The first-order chi connectivity index (χ1) is 24.7. The maximum Gasteiger partial charge on any atom is 0.219 e. The normalized spacial score (nSPS) is 20.4. The molecular weight excluding hydrogens is 679 g/mol. The van der Waals surface area contributed by atoms with Gasteiger partial charge >= 0.3 is 0 Å². The van der Waals surface area contributed by atoms with Crippen LogP contribution in [0.2, 0.25) is 10.0 Å². The number of benzene rings is 2. The summed E-state index contributed by atoms with van der Waals surface area (Å²) in [6.45, 7) is 6.52. The van der Waals surface area contributed by atoms with Gasteiger partial charge in [0.05, 0.1) is 11.6 Å². The van der Waals surface area contributed by atoms with E-state index in [9.17, 15) is 14.8 Å². The quantitative estimate of drug-likeness (QED) is 0.157. The number of carbonyl (C=O) groups excluding carboxylic acids is 2. The lowest BCUT2D eigenvalue weighted by atomic mass is 9.76. The number of aryl methyl sites for hydroxylation is 4. The molecule has 2 unspecified atom stereocenters. The number of nitrogens with zero attached hydrogens (tertiary/aromatic N) is 4. The van der Waals surface area contributed by atoms with E-state index in [-0.39, 0.29) is 17.7 Å². The van der Waals surface area contributed by atoms with E-state index in [1.54, 1.807) is 20.0 Å². The maximum absolute atomic E-state index is 12.7. The smallest absolute Gasteiger partial charge is 0.219 e. The zero-order chi connectivity index (χ0) is 35.6. The lowest BCUT2D eigenvalue weighted by molar-refractivity contribution is -0.616. The SMILES string of the molecule is CC(=O)N1CCC(C2c3ccc(Cl)cc3CCc3ccc[n+]([O-])c32)CC1.CC(=O)N1CCC(C2c3ccc(Cl)cc3CCc3cccnc32)CC1. The minimum Gasteiger partial charge on any atom is -0.618 e. The fraction of sp³-hybridized carbons (Fsp3) is 0.429. The Morgan fingerprint density at radius 3 is 1.75 bits per heavy atom. The molecule has 4 aliphatic rings. The van der Waals surface area contributed by atoms with E-state index in [4.69, 9.17) is 28.2 Å². The van der Waals surface area contributed by atoms with Gasteiger partial charge in [-0.2, -0.15) is 4.73 Å². The van der Waals surface area contributed by atoms with Gasteiger partial charge in [-0.1, -0.05) is 41.4 Å². The molecule has 2 aromatic heterocycles. The predicted octanol–water partition coefficient (Wildman–Crippen LogP) is 7.69. The molecule has 0 N–H and O–H groups in total. The van der Waals surface area contributed by atoms with Crippen molar-refractivity contribution in [3.05, 3.63) is 133 Å². The second-order valence-corrected chi connectivity index (χ2v) is 15.5. The minimum atomic E-state index is 0.0626. The Balaban J connectivity index is 0.000000159. The molecule has 4 aromatic rings. The molecule has 0 radical (unpaired) electrons. The van der Waals surface area contributed by atoms with Gasteiger partial charge in [-0.15, -0.1) is 0 Å². The number of likely N-dealkylation sites (tertiary alicyclic amines) is 2. The first-order valence-electron chi connectivity index (χ1n) is 18.4. The average molecular weight is 726 g/mol. The van der Waals surface area contributed by atoms with Crippen LogP contribution in [0.15, 0.2) is 73.1 Å². The van der Waals surface area contributed by atoms with Gasteiger partial charge in [0.1, 0.15) is 0 Å². The molecule has 0 bridgehead atoms. The number of rotatable bonds is 2. The summed E-state index contributed by atoms with van der Waals surface area (Å²) in [6.07, 6.45) is 11.2. The van der Waals surface area contributed by atoms with Crippen LogP contribution in [-0.4, -0.2) is 52.8 Å². The first-order valence-corrected chi connectivity index (χ1v) is 19.2. The third kappa shape index (κ3) is 7.52. The zero-order valence-electron chi connectivity index (χ0n) is 29.5. The highest BCUT2D eigenvalue weighted by Gasteiger charge is 2.38. The van der Waals surface area contributed by atoms with Crippen molar-refractivity contribution in [3.8, 4) is 0 Å². The van der Waals surface area contributed by atoms with Crippen molar-refractivity contribution < 1.29 is 14.3 Å². The summed E-state index contributed by atoms with van der Waals surface area (Å²) >= 11 is 12.5. The molecule has 0 spiro atoms. The van der Waals surface area contributed by atoms with Crippen LogP contribution in [0.25, 0.3) is 0 Å². The highest BCUT2D eigenvalue weighted by Crippen LogP contribution is 2.44. The molecule has 2 aliphatic heterocycles. The fourth-order valence-corrected chi connectivity index (χ4v) is 9.50. The summed E-state index contributed by atoms with van der Waals surface area (Å²) in [5.41, 5.74) is 9.80. The summed E-state index contributed by atoms with van der Waals surface area (Å²) < 4.78 is 1.06. The molecule has 266 valence electrons. The van der Waals surface area contributed by atoms with Crippen molar-refractivity contribution in [2.24, 2.45) is 11.8 Å². The summed E-state index contributed by atoms with van der Waals surface area (Å²) in [6, 6.07) is 20.6. The predicted molar refractivity (Wildman–Crippen MR) is 201 cm³/mol. The van der Waals surface area contributed by atoms with Crippen LogP contribution >= 0.6 is 23.2 Å². The van der Waals surface area contributed by atoms with Gasteiger partial charge in [-0.25, -0.2) is 0 Å². The number of amides is 2. The number of carbonyl (C=O) groups is 2. The van der Waals surface area contributed by atoms with E-state index < -0.39 is 0 Å². The molecule has 4 heterocycles. The summed E-state index contributed by atoms with van der Waals surface area (Å²) in [4.78, 5) is 32.0. The highest BCUT2D eigenvalue weighted by molar-refractivity contribution is 6.31. The number of halogens is 2. The second kappa shape index (κ2) is 15.3. The van der Waals surface area contributed by atoms with Crippen LogP contribution in [-0.2, 0) is 35.3 Å². The monoisotopic (exact) mass is 724 g/mol. The summed E-state index contributed by atoms with van der Waals surface area (Å²) in [7, 11) is 0. The molecule has 2 fully saturated rings. The number of aromatic nitrogens is 2. The van der Waals surface area contributed by atoms with Gasteiger partial charge in [0.2, 0.25) is 17.5 Å². The molecule has 7 nitrogen and oxygen atoms in total.